The smallest absolute Gasteiger partial charge is 0.262 e. The van der Waals surface area contributed by atoms with E-state index in [1.54, 1.807) is 13.2 Å². The summed E-state index contributed by atoms with van der Waals surface area (Å²) < 4.78 is 32.1. The number of amides is 1. The van der Waals surface area contributed by atoms with Crippen LogP contribution in [0.3, 0.4) is 0 Å². The van der Waals surface area contributed by atoms with Gasteiger partial charge in [-0.3, -0.25) is 10.0 Å². The summed E-state index contributed by atoms with van der Waals surface area (Å²) in [6, 6.07) is 4.66. The summed E-state index contributed by atoms with van der Waals surface area (Å²) in [7, 11) is -3.90. The number of sulfonamides is 1. The van der Waals surface area contributed by atoms with Gasteiger partial charge in [-0.1, -0.05) is 5.92 Å². The molecule has 1 unspecified atom stereocenters. The quantitative estimate of drug-likeness (QED) is 0.357. The molecule has 23 heavy (non-hydrogen) atoms. The number of nitrogens with one attached hydrogen (secondary N) is 2. The van der Waals surface area contributed by atoms with Crippen molar-refractivity contribution in [2.45, 2.75) is 17.9 Å². The van der Waals surface area contributed by atoms with Gasteiger partial charge in [0.25, 0.3) is 5.91 Å². The minimum Gasteiger partial charge on any atom is -0.481 e. The maximum absolute atomic E-state index is 12.3. The molecule has 7 nitrogen and oxygen atoms in total. The Morgan fingerprint density at radius 2 is 2.04 bits per heavy atom. The minimum atomic E-state index is -3.90. The highest BCUT2D eigenvalue weighted by Gasteiger charge is 2.25. The molecular weight excluding hydrogens is 340 g/mol. The molecular formula is C14H18N2O5S2. The van der Waals surface area contributed by atoms with Crippen molar-refractivity contribution in [3.63, 3.8) is 0 Å². The predicted molar refractivity (Wildman–Crippen MR) is 87.8 cm³/mol. The Kier molecular flexibility index (Phi) is 7.91. The van der Waals surface area contributed by atoms with Gasteiger partial charge in [0.15, 0.2) is 0 Å². The summed E-state index contributed by atoms with van der Waals surface area (Å²) in [5.74, 6) is 5.26. The Morgan fingerprint density at radius 1 is 1.39 bits per heavy atom. The number of rotatable bonds is 8. The highest BCUT2D eigenvalue weighted by Crippen LogP contribution is 2.16. The Hall–Kier alpha value is -1.73. The van der Waals surface area contributed by atoms with E-state index in [2.05, 4.69) is 16.6 Å². The molecule has 126 valence electrons. The number of benzene rings is 1. The van der Waals surface area contributed by atoms with E-state index in [-0.39, 0.29) is 17.3 Å². The van der Waals surface area contributed by atoms with Gasteiger partial charge < -0.3 is 4.74 Å². The first kappa shape index (κ1) is 19.3. The molecule has 3 N–H and O–H groups in total. The van der Waals surface area contributed by atoms with Gasteiger partial charge in [0.1, 0.15) is 18.4 Å². The maximum atomic E-state index is 12.3. The van der Waals surface area contributed by atoms with E-state index in [4.69, 9.17) is 9.94 Å². The zero-order valence-corrected chi connectivity index (χ0v) is 14.3. The molecule has 1 atom stereocenters. The molecule has 0 aliphatic carbocycles. The van der Waals surface area contributed by atoms with Gasteiger partial charge in [0.05, 0.1) is 4.90 Å². The van der Waals surface area contributed by atoms with Crippen LogP contribution in [0.15, 0.2) is 29.2 Å². The Balaban J connectivity index is 2.85. The van der Waals surface area contributed by atoms with Crippen LogP contribution in [0, 0.1) is 11.8 Å². The van der Waals surface area contributed by atoms with Crippen molar-refractivity contribution in [2.75, 3.05) is 18.6 Å². The minimum absolute atomic E-state index is 0.0109. The van der Waals surface area contributed by atoms with E-state index in [1.165, 1.54) is 41.5 Å². The van der Waals surface area contributed by atoms with Crippen LogP contribution in [0.4, 0.5) is 0 Å². The Bertz CT molecular complexity index is 677. The molecule has 0 spiro atoms. The Morgan fingerprint density at radius 3 is 2.57 bits per heavy atom. The fraction of sp³-hybridized carbons (Fsp3) is 0.357. The first-order valence-corrected chi connectivity index (χ1v) is 9.40. The molecule has 1 rings (SSSR count). The fourth-order valence-corrected chi connectivity index (χ4v) is 3.44. The number of hydrogen-bond donors (Lipinski definition) is 3. The molecule has 0 heterocycles. The number of hydroxylamine groups is 1. The highest BCUT2D eigenvalue weighted by atomic mass is 32.2. The lowest BCUT2D eigenvalue weighted by molar-refractivity contribution is -0.130. The second-order valence-corrected chi connectivity index (χ2v) is 6.92. The topological polar surface area (TPSA) is 105 Å². The maximum Gasteiger partial charge on any atom is 0.262 e. The van der Waals surface area contributed by atoms with E-state index in [0.29, 0.717) is 5.75 Å². The third kappa shape index (κ3) is 6.11. The van der Waals surface area contributed by atoms with Crippen molar-refractivity contribution < 1.29 is 23.2 Å². The average Bonchev–Trinajstić information content (AvgIpc) is 2.54. The second kappa shape index (κ2) is 9.42. The lowest BCUT2D eigenvalue weighted by atomic mass is 10.3. The zero-order chi connectivity index (χ0) is 17.3. The molecule has 0 aliphatic rings. The van der Waals surface area contributed by atoms with E-state index in [9.17, 15) is 13.2 Å². The molecule has 0 aromatic heterocycles. The van der Waals surface area contributed by atoms with Crippen molar-refractivity contribution in [3.05, 3.63) is 24.3 Å². The standard InChI is InChI=1S/C14H18N2O5S2/c1-3-4-9-21-11-5-7-12(8-6-11)23(19,20)16-13(10-22-2)14(17)15-18/h5-8,13,16,18H,9-10H2,1-2H3,(H,15,17). The van der Waals surface area contributed by atoms with Crippen LogP contribution in [0.25, 0.3) is 0 Å². The number of hydrogen-bond acceptors (Lipinski definition) is 6. The van der Waals surface area contributed by atoms with Gasteiger partial charge in [-0.05, 0) is 37.4 Å². The molecule has 0 radical (unpaired) electrons. The van der Waals surface area contributed by atoms with Crippen LogP contribution in [0.5, 0.6) is 5.75 Å². The van der Waals surface area contributed by atoms with Gasteiger partial charge in [-0.25, -0.2) is 13.9 Å². The van der Waals surface area contributed by atoms with Crippen LogP contribution in [-0.4, -0.2) is 44.2 Å². The second-order valence-electron chi connectivity index (χ2n) is 4.29. The van der Waals surface area contributed by atoms with Crippen molar-refractivity contribution in [1.29, 1.82) is 0 Å². The van der Waals surface area contributed by atoms with Gasteiger partial charge in [-0.2, -0.15) is 16.5 Å². The third-order valence-corrected chi connectivity index (χ3v) is 4.83. The highest BCUT2D eigenvalue weighted by molar-refractivity contribution is 7.98. The van der Waals surface area contributed by atoms with E-state index in [0.717, 1.165) is 0 Å². The summed E-state index contributed by atoms with van der Waals surface area (Å²) in [5.41, 5.74) is 1.45. The van der Waals surface area contributed by atoms with Gasteiger partial charge >= 0.3 is 0 Å². The predicted octanol–water partition coefficient (Wildman–Crippen LogP) is 0.604. The molecule has 0 bridgehead atoms. The van der Waals surface area contributed by atoms with Crippen LogP contribution in [-0.2, 0) is 14.8 Å². The van der Waals surface area contributed by atoms with Crippen LogP contribution in [0.2, 0.25) is 0 Å². The van der Waals surface area contributed by atoms with Gasteiger partial charge in [0.2, 0.25) is 10.0 Å². The zero-order valence-electron chi connectivity index (χ0n) is 12.7. The summed E-state index contributed by atoms with van der Waals surface area (Å²) in [5, 5.41) is 8.67. The lowest BCUT2D eigenvalue weighted by Crippen LogP contribution is -2.47. The van der Waals surface area contributed by atoms with E-state index < -0.39 is 22.0 Å². The van der Waals surface area contributed by atoms with Crippen molar-refractivity contribution >= 4 is 27.7 Å². The van der Waals surface area contributed by atoms with Gasteiger partial charge in [-0.15, -0.1) is 5.92 Å². The summed E-state index contributed by atoms with van der Waals surface area (Å²) in [6.07, 6.45) is 1.72. The monoisotopic (exact) mass is 358 g/mol. The molecule has 0 aliphatic heterocycles. The van der Waals surface area contributed by atoms with Crippen LogP contribution >= 0.6 is 11.8 Å². The number of thioether (sulfide) groups is 1. The third-order valence-electron chi connectivity index (χ3n) is 2.68. The molecule has 0 saturated carbocycles. The summed E-state index contributed by atoms with van der Waals surface area (Å²) in [4.78, 5) is 11.5. The first-order chi connectivity index (χ1) is 10.9. The van der Waals surface area contributed by atoms with E-state index in [1.807, 2.05) is 0 Å². The average molecular weight is 358 g/mol. The summed E-state index contributed by atoms with van der Waals surface area (Å²) in [6.45, 7) is 1.91. The molecule has 0 fully saturated rings. The largest absolute Gasteiger partial charge is 0.481 e. The van der Waals surface area contributed by atoms with Gasteiger partial charge in [0, 0.05) is 5.75 Å². The number of ether oxygens (including phenoxy) is 1. The molecule has 9 heteroatoms. The molecule has 1 aromatic carbocycles. The molecule has 1 aromatic rings. The van der Waals surface area contributed by atoms with Crippen molar-refractivity contribution in [1.82, 2.24) is 10.2 Å². The normalized spacial score (nSPS) is 12.0. The molecule has 0 saturated heterocycles. The lowest BCUT2D eigenvalue weighted by Gasteiger charge is -2.16. The summed E-state index contributed by atoms with van der Waals surface area (Å²) >= 11 is 1.27. The SMILES string of the molecule is CC#CCOc1ccc(S(=O)(=O)NC(CSC)C(=O)NO)cc1. The fourth-order valence-electron chi connectivity index (χ4n) is 1.57. The van der Waals surface area contributed by atoms with Crippen LogP contribution < -0.4 is 14.9 Å². The molecule has 1 amide bonds. The van der Waals surface area contributed by atoms with Crippen LogP contribution in [0.1, 0.15) is 6.92 Å². The van der Waals surface area contributed by atoms with E-state index >= 15 is 0 Å². The Labute approximate surface area is 139 Å². The first-order valence-electron chi connectivity index (χ1n) is 6.52. The van der Waals surface area contributed by atoms with Crippen molar-refractivity contribution in [2.24, 2.45) is 0 Å². The number of carbonyl (C=O) groups excluding carboxylic acids is 1. The van der Waals surface area contributed by atoms with Crippen molar-refractivity contribution in [3.8, 4) is 17.6 Å². The number of carbonyl (C=O) groups is 1.